The van der Waals surface area contributed by atoms with E-state index < -0.39 is 0 Å². The summed E-state index contributed by atoms with van der Waals surface area (Å²) in [5, 5.41) is 10.7. The summed E-state index contributed by atoms with van der Waals surface area (Å²) in [5.74, 6) is 5.80. The Kier molecular flexibility index (Phi) is 9.00. The van der Waals surface area contributed by atoms with Crippen molar-refractivity contribution in [2.75, 3.05) is 32.8 Å². The van der Waals surface area contributed by atoms with Crippen molar-refractivity contribution in [1.29, 1.82) is 0 Å². The Morgan fingerprint density at radius 2 is 1.87 bits per heavy atom. The van der Waals surface area contributed by atoms with Crippen LogP contribution in [0.25, 0.3) is 0 Å². The largest absolute Gasteiger partial charge is 0.395 e. The van der Waals surface area contributed by atoms with Crippen molar-refractivity contribution in [3.05, 3.63) is 0 Å². The molecule has 4 heteroatoms. The van der Waals surface area contributed by atoms with E-state index in [9.17, 15) is 0 Å². The van der Waals surface area contributed by atoms with Gasteiger partial charge in [-0.3, -0.25) is 5.84 Å². The van der Waals surface area contributed by atoms with Crippen LogP contribution in [0.1, 0.15) is 33.6 Å². The van der Waals surface area contributed by atoms with Crippen LogP contribution in [-0.2, 0) is 0 Å². The van der Waals surface area contributed by atoms with Crippen molar-refractivity contribution in [3.8, 4) is 0 Å². The summed E-state index contributed by atoms with van der Waals surface area (Å²) in [7, 11) is 0. The monoisotopic (exact) mass is 217 g/mol. The van der Waals surface area contributed by atoms with E-state index in [0.29, 0.717) is 6.04 Å². The molecule has 0 bridgehead atoms. The Morgan fingerprint density at radius 1 is 1.20 bits per heavy atom. The number of hydrazine groups is 1. The topological polar surface area (TPSA) is 52.7 Å². The number of nitrogens with zero attached hydrogens (tertiary/aromatic N) is 2. The van der Waals surface area contributed by atoms with E-state index in [1.54, 1.807) is 0 Å². The summed E-state index contributed by atoms with van der Waals surface area (Å²) in [4.78, 5) is 2.26. The van der Waals surface area contributed by atoms with Crippen molar-refractivity contribution >= 4 is 0 Å². The first-order valence-corrected chi connectivity index (χ1v) is 6.00. The molecule has 3 N–H and O–H groups in total. The van der Waals surface area contributed by atoms with Gasteiger partial charge in [-0.25, -0.2) is 5.01 Å². The third kappa shape index (κ3) is 6.84. The number of hydrogen-bond donors (Lipinski definition) is 2. The van der Waals surface area contributed by atoms with Gasteiger partial charge in [0.15, 0.2) is 0 Å². The second kappa shape index (κ2) is 9.09. The zero-order valence-electron chi connectivity index (χ0n) is 10.4. The molecule has 0 aromatic heterocycles. The third-order valence-electron chi connectivity index (χ3n) is 2.89. The molecular weight excluding hydrogens is 190 g/mol. The zero-order valence-corrected chi connectivity index (χ0v) is 10.4. The van der Waals surface area contributed by atoms with Crippen molar-refractivity contribution in [2.24, 2.45) is 5.84 Å². The molecule has 0 aromatic carbocycles. The highest BCUT2D eigenvalue weighted by Gasteiger charge is 2.08. The molecule has 0 spiro atoms. The summed E-state index contributed by atoms with van der Waals surface area (Å²) in [6.07, 6.45) is 2.26. The lowest BCUT2D eigenvalue weighted by atomic mass is 10.1. The fraction of sp³-hybridized carbons (Fsp3) is 1.00. The average Bonchev–Trinajstić information content (AvgIpc) is 2.26. The van der Waals surface area contributed by atoms with Gasteiger partial charge in [-0.15, -0.1) is 0 Å². The fourth-order valence-corrected chi connectivity index (χ4v) is 1.66. The molecule has 0 aliphatic heterocycles. The van der Waals surface area contributed by atoms with Crippen LogP contribution in [0.3, 0.4) is 0 Å². The van der Waals surface area contributed by atoms with E-state index in [1.807, 2.05) is 5.01 Å². The highest BCUT2D eigenvalue weighted by Crippen LogP contribution is 2.03. The molecule has 0 fully saturated rings. The van der Waals surface area contributed by atoms with Gasteiger partial charge in [-0.1, -0.05) is 13.8 Å². The lowest BCUT2D eigenvalue weighted by Crippen LogP contribution is -2.39. The summed E-state index contributed by atoms with van der Waals surface area (Å²) in [6.45, 7) is 10.3. The van der Waals surface area contributed by atoms with Gasteiger partial charge in [-0.05, 0) is 32.9 Å². The van der Waals surface area contributed by atoms with Crippen molar-refractivity contribution in [2.45, 2.75) is 39.7 Å². The van der Waals surface area contributed by atoms with Crippen LogP contribution in [0.2, 0.25) is 0 Å². The van der Waals surface area contributed by atoms with Gasteiger partial charge in [0.05, 0.1) is 6.61 Å². The lowest BCUT2D eigenvalue weighted by Gasteiger charge is -2.24. The standard InChI is InChI=1S/C11H27N3O/c1-4-13(9-10-15)8-6-7-11(3)14(12)5-2/h11,15H,4-10,12H2,1-3H3. The van der Waals surface area contributed by atoms with Gasteiger partial charge in [0.2, 0.25) is 0 Å². The van der Waals surface area contributed by atoms with E-state index in [1.165, 1.54) is 0 Å². The van der Waals surface area contributed by atoms with Crippen molar-refractivity contribution in [3.63, 3.8) is 0 Å². The molecule has 0 aliphatic carbocycles. The molecule has 0 saturated carbocycles. The van der Waals surface area contributed by atoms with E-state index in [2.05, 4.69) is 25.7 Å². The first-order chi connectivity index (χ1) is 7.15. The van der Waals surface area contributed by atoms with Gasteiger partial charge in [0.1, 0.15) is 0 Å². The zero-order chi connectivity index (χ0) is 11.7. The van der Waals surface area contributed by atoms with Gasteiger partial charge in [-0.2, -0.15) is 0 Å². The van der Waals surface area contributed by atoms with Crippen LogP contribution in [-0.4, -0.2) is 53.8 Å². The maximum atomic E-state index is 8.83. The summed E-state index contributed by atoms with van der Waals surface area (Å²) >= 11 is 0. The molecule has 0 rings (SSSR count). The Hall–Kier alpha value is -0.160. The van der Waals surface area contributed by atoms with E-state index in [4.69, 9.17) is 10.9 Å². The first-order valence-electron chi connectivity index (χ1n) is 6.00. The van der Waals surface area contributed by atoms with Crippen LogP contribution in [0.15, 0.2) is 0 Å². The SMILES string of the molecule is CCN(CCO)CCCC(C)N(N)CC. The average molecular weight is 217 g/mol. The Labute approximate surface area is 94.0 Å². The predicted molar refractivity (Wildman–Crippen MR) is 64.5 cm³/mol. The summed E-state index contributed by atoms with van der Waals surface area (Å²) in [5.41, 5.74) is 0. The van der Waals surface area contributed by atoms with Crippen LogP contribution < -0.4 is 5.84 Å². The molecule has 0 radical (unpaired) electrons. The lowest BCUT2D eigenvalue weighted by molar-refractivity contribution is 0.181. The number of likely N-dealkylation sites (N-methyl/N-ethyl adjacent to an activating group) is 1. The maximum Gasteiger partial charge on any atom is 0.0558 e. The van der Waals surface area contributed by atoms with E-state index >= 15 is 0 Å². The molecule has 0 aromatic rings. The smallest absolute Gasteiger partial charge is 0.0558 e. The number of hydrogen-bond acceptors (Lipinski definition) is 4. The molecule has 1 unspecified atom stereocenters. The second-order valence-electron chi connectivity index (χ2n) is 3.98. The summed E-state index contributed by atoms with van der Waals surface area (Å²) < 4.78 is 0. The molecule has 0 saturated heterocycles. The molecule has 15 heavy (non-hydrogen) atoms. The number of aliphatic hydroxyl groups is 1. The number of rotatable bonds is 9. The van der Waals surface area contributed by atoms with Crippen LogP contribution in [0.4, 0.5) is 0 Å². The molecule has 0 heterocycles. The maximum absolute atomic E-state index is 8.83. The Bertz CT molecular complexity index is 142. The van der Waals surface area contributed by atoms with E-state index in [-0.39, 0.29) is 6.61 Å². The minimum absolute atomic E-state index is 0.251. The minimum atomic E-state index is 0.251. The van der Waals surface area contributed by atoms with Gasteiger partial charge in [0, 0.05) is 19.1 Å². The fourth-order valence-electron chi connectivity index (χ4n) is 1.66. The van der Waals surface area contributed by atoms with E-state index in [0.717, 1.165) is 39.0 Å². The van der Waals surface area contributed by atoms with Gasteiger partial charge < -0.3 is 10.0 Å². The van der Waals surface area contributed by atoms with Gasteiger partial charge >= 0.3 is 0 Å². The first kappa shape index (κ1) is 14.8. The molecule has 1 atom stereocenters. The Morgan fingerprint density at radius 3 is 2.33 bits per heavy atom. The molecule has 0 amide bonds. The van der Waals surface area contributed by atoms with Gasteiger partial charge in [0.25, 0.3) is 0 Å². The van der Waals surface area contributed by atoms with Crippen LogP contribution in [0, 0.1) is 0 Å². The van der Waals surface area contributed by atoms with Crippen LogP contribution in [0.5, 0.6) is 0 Å². The quantitative estimate of drug-likeness (QED) is 0.440. The van der Waals surface area contributed by atoms with Crippen molar-refractivity contribution < 1.29 is 5.11 Å². The van der Waals surface area contributed by atoms with Crippen LogP contribution >= 0.6 is 0 Å². The van der Waals surface area contributed by atoms with Crippen molar-refractivity contribution in [1.82, 2.24) is 9.91 Å². The minimum Gasteiger partial charge on any atom is -0.395 e. The predicted octanol–water partition coefficient (Wildman–Crippen LogP) is 0.665. The third-order valence-corrected chi connectivity index (χ3v) is 2.89. The summed E-state index contributed by atoms with van der Waals surface area (Å²) in [6, 6.07) is 0.447. The second-order valence-corrected chi connectivity index (χ2v) is 3.98. The molecule has 0 aliphatic rings. The number of aliphatic hydroxyl groups excluding tert-OH is 1. The molecule has 92 valence electrons. The molecular formula is C11H27N3O. The number of nitrogens with two attached hydrogens (primary N) is 1. The highest BCUT2D eigenvalue weighted by atomic mass is 16.3. The highest BCUT2D eigenvalue weighted by molar-refractivity contribution is 4.62. The molecule has 4 nitrogen and oxygen atoms in total. The normalized spacial score (nSPS) is 13.8. The Balaban J connectivity index is 3.58.